The van der Waals surface area contributed by atoms with Crippen LogP contribution in [0.1, 0.15) is 26.0 Å². The smallest absolute Gasteiger partial charge is 0.144 e. The molecule has 5 heteroatoms. The van der Waals surface area contributed by atoms with E-state index < -0.39 is 0 Å². The Kier molecular flexibility index (Phi) is 5.86. The van der Waals surface area contributed by atoms with E-state index in [-0.39, 0.29) is 12.6 Å². The first kappa shape index (κ1) is 13.9. The largest absolute Gasteiger partial charge is 0.395 e. The maximum atomic E-state index is 9.04. The molecular formula is C12H22N4O. The lowest BCUT2D eigenvalue weighted by Gasteiger charge is -2.22. The highest BCUT2D eigenvalue weighted by Gasteiger charge is 2.08. The monoisotopic (exact) mass is 238 g/mol. The minimum absolute atomic E-state index is 0.134. The van der Waals surface area contributed by atoms with Crippen molar-refractivity contribution in [2.45, 2.75) is 32.9 Å². The van der Waals surface area contributed by atoms with Crippen molar-refractivity contribution in [3.63, 3.8) is 0 Å². The average Bonchev–Trinajstić information content (AvgIpc) is 2.37. The van der Waals surface area contributed by atoms with Crippen LogP contribution in [0.15, 0.2) is 12.4 Å². The summed E-state index contributed by atoms with van der Waals surface area (Å²) in [4.78, 5) is 10.7. The molecule has 5 nitrogen and oxygen atoms in total. The summed E-state index contributed by atoms with van der Waals surface area (Å²) in [5.41, 5.74) is 0.912. The van der Waals surface area contributed by atoms with Gasteiger partial charge in [-0.05, 0) is 20.4 Å². The van der Waals surface area contributed by atoms with Gasteiger partial charge < -0.3 is 10.4 Å². The lowest BCUT2D eigenvalue weighted by atomic mass is 10.3. The fourth-order valence-electron chi connectivity index (χ4n) is 1.33. The van der Waals surface area contributed by atoms with Crippen LogP contribution in [0.5, 0.6) is 0 Å². The van der Waals surface area contributed by atoms with Gasteiger partial charge in [-0.15, -0.1) is 0 Å². The molecule has 0 amide bonds. The highest BCUT2D eigenvalue weighted by atomic mass is 16.3. The molecule has 0 bridgehead atoms. The minimum atomic E-state index is 0.134. The normalized spacial score (nSPS) is 12.8. The zero-order valence-electron chi connectivity index (χ0n) is 10.8. The van der Waals surface area contributed by atoms with Crippen LogP contribution in [0, 0.1) is 0 Å². The molecule has 17 heavy (non-hydrogen) atoms. The number of hydrogen-bond acceptors (Lipinski definition) is 5. The molecule has 1 aromatic rings. The predicted octanol–water partition coefficient (Wildman–Crippen LogP) is 1.11. The van der Waals surface area contributed by atoms with E-state index in [1.165, 1.54) is 0 Å². The van der Waals surface area contributed by atoms with Gasteiger partial charge in [-0.3, -0.25) is 9.88 Å². The van der Waals surface area contributed by atoms with Crippen molar-refractivity contribution in [3.05, 3.63) is 18.1 Å². The lowest BCUT2D eigenvalue weighted by molar-refractivity contribution is 0.153. The summed E-state index contributed by atoms with van der Waals surface area (Å²) in [6.07, 6.45) is 4.60. The second-order valence-corrected chi connectivity index (χ2v) is 4.27. The third kappa shape index (κ3) is 4.66. The van der Waals surface area contributed by atoms with Crippen LogP contribution in [-0.2, 0) is 6.54 Å². The van der Waals surface area contributed by atoms with E-state index in [9.17, 15) is 0 Å². The van der Waals surface area contributed by atoms with E-state index in [4.69, 9.17) is 5.11 Å². The van der Waals surface area contributed by atoms with Gasteiger partial charge in [0.15, 0.2) is 0 Å². The number of likely N-dealkylation sites (N-methyl/N-ethyl adjacent to an activating group) is 1. The molecule has 0 aliphatic rings. The topological polar surface area (TPSA) is 61.3 Å². The molecule has 0 radical (unpaired) electrons. The Labute approximate surface area is 103 Å². The molecule has 2 N–H and O–H groups in total. The number of anilines is 1. The SMILES string of the molecule is CCCNc1cnc(CN(C)C(C)CO)cn1. The summed E-state index contributed by atoms with van der Waals surface area (Å²) >= 11 is 0. The molecule has 96 valence electrons. The zero-order valence-corrected chi connectivity index (χ0v) is 10.8. The van der Waals surface area contributed by atoms with Crippen molar-refractivity contribution in [2.75, 3.05) is 25.5 Å². The van der Waals surface area contributed by atoms with Crippen molar-refractivity contribution < 1.29 is 5.11 Å². The first-order valence-corrected chi connectivity index (χ1v) is 6.03. The first-order chi connectivity index (χ1) is 8.17. The molecule has 0 spiro atoms. The van der Waals surface area contributed by atoms with Gasteiger partial charge >= 0.3 is 0 Å². The molecule has 1 atom stereocenters. The Morgan fingerprint density at radius 3 is 2.71 bits per heavy atom. The second kappa shape index (κ2) is 7.19. The third-order valence-electron chi connectivity index (χ3n) is 2.69. The lowest BCUT2D eigenvalue weighted by Crippen LogP contribution is -2.31. The Morgan fingerprint density at radius 1 is 1.41 bits per heavy atom. The maximum absolute atomic E-state index is 9.04. The number of nitrogens with zero attached hydrogens (tertiary/aromatic N) is 3. The van der Waals surface area contributed by atoms with Crippen LogP contribution in [0.4, 0.5) is 5.82 Å². The fraction of sp³-hybridized carbons (Fsp3) is 0.667. The van der Waals surface area contributed by atoms with Gasteiger partial charge in [0.2, 0.25) is 0 Å². The number of rotatable bonds is 7. The summed E-state index contributed by atoms with van der Waals surface area (Å²) in [6, 6.07) is 0.134. The fourth-order valence-corrected chi connectivity index (χ4v) is 1.33. The van der Waals surface area contributed by atoms with E-state index in [0.29, 0.717) is 6.54 Å². The van der Waals surface area contributed by atoms with Gasteiger partial charge in [-0.1, -0.05) is 6.92 Å². The Bertz CT molecular complexity index is 315. The molecule has 1 rings (SSSR count). The highest BCUT2D eigenvalue weighted by molar-refractivity contribution is 5.30. The average molecular weight is 238 g/mol. The summed E-state index contributed by atoms with van der Waals surface area (Å²) < 4.78 is 0. The molecule has 0 aromatic carbocycles. The van der Waals surface area contributed by atoms with Gasteiger partial charge in [0, 0.05) is 19.1 Å². The molecule has 1 unspecified atom stereocenters. The number of aromatic nitrogens is 2. The molecular weight excluding hydrogens is 216 g/mol. The Hall–Kier alpha value is -1.20. The van der Waals surface area contributed by atoms with E-state index in [1.807, 2.05) is 18.9 Å². The molecule has 1 heterocycles. The maximum Gasteiger partial charge on any atom is 0.144 e. The van der Waals surface area contributed by atoms with Crippen LogP contribution < -0.4 is 5.32 Å². The second-order valence-electron chi connectivity index (χ2n) is 4.27. The van der Waals surface area contributed by atoms with Crippen molar-refractivity contribution in [1.82, 2.24) is 14.9 Å². The predicted molar refractivity (Wildman–Crippen MR) is 68.8 cm³/mol. The van der Waals surface area contributed by atoms with Crippen molar-refractivity contribution in [1.29, 1.82) is 0 Å². The van der Waals surface area contributed by atoms with Crippen molar-refractivity contribution >= 4 is 5.82 Å². The quantitative estimate of drug-likeness (QED) is 0.745. The molecule has 0 aliphatic carbocycles. The molecule has 0 saturated carbocycles. The Morgan fingerprint density at radius 2 is 2.18 bits per heavy atom. The van der Waals surface area contributed by atoms with Gasteiger partial charge in [0.25, 0.3) is 0 Å². The van der Waals surface area contributed by atoms with E-state index in [0.717, 1.165) is 24.5 Å². The van der Waals surface area contributed by atoms with E-state index in [2.05, 4.69) is 22.2 Å². The van der Waals surface area contributed by atoms with Crippen LogP contribution >= 0.6 is 0 Å². The summed E-state index contributed by atoms with van der Waals surface area (Å²) in [6.45, 7) is 5.85. The first-order valence-electron chi connectivity index (χ1n) is 6.03. The molecule has 0 fully saturated rings. The number of hydrogen-bond donors (Lipinski definition) is 2. The van der Waals surface area contributed by atoms with Gasteiger partial charge in [0.05, 0.1) is 24.7 Å². The molecule has 0 saturated heterocycles. The summed E-state index contributed by atoms with van der Waals surface area (Å²) in [5.74, 6) is 0.813. The minimum Gasteiger partial charge on any atom is -0.395 e. The standard InChI is InChI=1S/C12H22N4O/c1-4-5-13-12-7-14-11(6-15-12)8-16(3)10(2)9-17/h6-7,10,17H,4-5,8-9H2,1-3H3,(H,13,15). The number of aliphatic hydroxyl groups excluding tert-OH is 1. The number of nitrogens with one attached hydrogen (secondary N) is 1. The summed E-state index contributed by atoms with van der Waals surface area (Å²) in [5, 5.41) is 12.2. The highest BCUT2D eigenvalue weighted by Crippen LogP contribution is 2.05. The van der Waals surface area contributed by atoms with Gasteiger partial charge in [0.1, 0.15) is 5.82 Å². The van der Waals surface area contributed by atoms with Crippen LogP contribution in [0.2, 0.25) is 0 Å². The van der Waals surface area contributed by atoms with E-state index in [1.54, 1.807) is 12.4 Å². The zero-order chi connectivity index (χ0) is 12.7. The van der Waals surface area contributed by atoms with Crippen LogP contribution in [0.25, 0.3) is 0 Å². The third-order valence-corrected chi connectivity index (χ3v) is 2.69. The van der Waals surface area contributed by atoms with Gasteiger partial charge in [-0.2, -0.15) is 0 Å². The van der Waals surface area contributed by atoms with Crippen molar-refractivity contribution in [3.8, 4) is 0 Å². The van der Waals surface area contributed by atoms with Crippen LogP contribution in [-0.4, -0.2) is 46.2 Å². The van der Waals surface area contributed by atoms with E-state index >= 15 is 0 Å². The van der Waals surface area contributed by atoms with Crippen LogP contribution in [0.3, 0.4) is 0 Å². The molecule has 0 aliphatic heterocycles. The van der Waals surface area contributed by atoms with Crippen molar-refractivity contribution in [2.24, 2.45) is 0 Å². The molecule has 1 aromatic heterocycles. The number of aliphatic hydroxyl groups is 1. The Balaban J connectivity index is 2.50. The van der Waals surface area contributed by atoms with Gasteiger partial charge in [-0.25, -0.2) is 4.98 Å². The summed E-state index contributed by atoms with van der Waals surface area (Å²) in [7, 11) is 1.96.